The lowest BCUT2D eigenvalue weighted by atomic mass is 10.1. The first kappa shape index (κ1) is 20.9. The fraction of sp³-hybridized carbons (Fsp3) is 0.300. The third-order valence-corrected chi connectivity index (χ3v) is 6.54. The molecule has 2 aromatic rings. The highest BCUT2D eigenvalue weighted by molar-refractivity contribution is 7.89. The molecule has 0 unspecified atom stereocenters. The second-order valence-electron chi connectivity index (χ2n) is 6.80. The second-order valence-corrected chi connectivity index (χ2v) is 8.74. The fourth-order valence-electron chi connectivity index (χ4n) is 3.08. The Kier molecular flexibility index (Phi) is 6.60. The summed E-state index contributed by atoms with van der Waals surface area (Å²) in [4.78, 5) is 24.3. The van der Waals surface area contributed by atoms with Crippen LogP contribution in [0.15, 0.2) is 53.4 Å². The summed E-state index contributed by atoms with van der Waals surface area (Å²) in [5, 5.41) is 0. The van der Waals surface area contributed by atoms with Crippen molar-refractivity contribution in [2.24, 2.45) is 0 Å². The van der Waals surface area contributed by atoms with E-state index < -0.39 is 27.7 Å². The molecule has 0 aromatic heterocycles. The van der Waals surface area contributed by atoms with E-state index in [1.165, 1.54) is 52.8 Å². The number of carbonyl (C=O) groups is 2. The summed E-state index contributed by atoms with van der Waals surface area (Å²) in [5.41, 5.74) is 5.25. The van der Waals surface area contributed by atoms with Gasteiger partial charge in [0.1, 0.15) is 5.82 Å². The molecule has 1 aliphatic rings. The van der Waals surface area contributed by atoms with Crippen molar-refractivity contribution in [3.8, 4) is 0 Å². The summed E-state index contributed by atoms with van der Waals surface area (Å²) < 4.78 is 39.8. The summed E-state index contributed by atoms with van der Waals surface area (Å²) >= 11 is 0. The van der Waals surface area contributed by atoms with Crippen molar-refractivity contribution in [3.63, 3.8) is 0 Å². The van der Waals surface area contributed by atoms with E-state index in [-0.39, 0.29) is 16.9 Å². The number of hydrazine groups is 1. The van der Waals surface area contributed by atoms with Crippen LogP contribution in [0.3, 0.4) is 0 Å². The molecule has 0 bridgehead atoms. The van der Waals surface area contributed by atoms with Crippen LogP contribution in [0.25, 0.3) is 0 Å². The summed E-state index contributed by atoms with van der Waals surface area (Å²) in [7, 11) is -3.66. The summed E-state index contributed by atoms with van der Waals surface area (Å²) in [5.74, 6) is -1.52. The van der Waals surface area contributed by atoms with Crippen LogP contribution in [-0.4, -0.2) is 37.6 Å². The molecule has 0 atom stereocenters. The molecule has 29 heavy (non-hydrogen) atoms. The Morgan fingerprint density at radius 1 is 0.966 bits per heavy atom. The maximum absolute atomic E-state index is 12.9. The number of nitrogens with zero attached hydrogens (tertiary/aromatic N) is 1. The Morgan fingerprint density at radius 3 is 2.34 bits per heavy atom. The maximum Gasteiger partial charge on any atom is 0.269 e. The number of sulfonamides is 1. The van der Waals surface area contributed by atoms with E-state index in [1.54, 1.807) is 0 Å². The molecule has 154 valence electrons. The Labute approximate surface area is 168 Å². The summed E-state index contributed by atoms with van der Waals surface area (Å²) in [6.45, 7) is 0.941. The SMILES string of the molecule is O=C(Cc1ccc(F)cc1)NNC(=O)c1cccc(S(=O)(=O)N2CCCCC2)c1. The van der Waals surface area contributed by atoms with Gasteiger partial charge in [0.15, 0.2) is 0 Å². The lowest BCUT2D eigenvalue weighted by Crippen LogP contribution is -2.42. The Balaban J connectivity index is 1.61. The Bertz CT molecular complexity index is 987. The second kappa shape index (κ2) is 9.15. The van der Waals surface area contributed by atoms with Gasteiger partial charge in [-0.15, -0.1) is 0 Å². The van der Waals surface area contributed by atoms with Crippen LogP contribution < -0.4 is 10.9 Å². The molecule has 1 aliphatic heterocycles. The summed E-state index contributed by atoms with van der Waals surface area (Å²) in [6, 6.07) is 11.2. The van der Waals surface area contributed by atoms with Crippen molar-refractivity contribution >= 4 is 21.8 Å². The number of hydrogen-bond acceptors (Lipinski definition) is 4. The van der Waals surface area contributed by atoms with Crippen LogP contribution in [0.4, 0.5) is 4.39 Å². The van der Waals surface area contributed by atoms with E-state index in [0.29, 0.717) is 18.7 Å². The Hall–Kier alpha value is -2.78. The van der Waals surface area contributed by atoms with Crippen molar-refractivity contribution in [1.82, 2.24) is 15.2 Å². The fourth-order valence-corrected chi connectivity index (χ4v) is 4.65. The van der Waals surface area contributed by atoms with Gasteiger partial charge >= 0.3 is 0 Å². The lowest BCUT2D eigenvalue weighted by molar-refractivity contribution is -0.121. The quantitative estimate of drug-likeness (QED) is 0.725. The van der Waals surface area contributed by atoms with Crippen LogP contribution >= 0.6 is 0 Å². The minimum absolute atomic E-state index is 0.0378. The predicted octanol–water partition coefficient (Wildman–Crippen LogP) is 2.00. The highest BCUT2D eigenvalue weighted by atomic mass is 32.2. The van der Waals surface area contributed by atoms with E-state index in [1.807, 2.05) is 0 Å². The minimum Gasteiger partial charge on any atom is -0.273 e. The van der Waals surface area contributed by atoms with E-state index in [0.717, 1.165) is 19.3 Å². The van der Waals surface area contributed by atoms with Crippen molar-refractivity contribution in [3.05, 3.63) is 65.5 Å². The molecule has 0 radical (unpaired) electrons. The molecule has 0 spiro atoms. The number of halogens is 1. The summed E-state index contributed by atoms with van der Waals surface area (Å²) in [6.07, 6.45) is 2.61. The first-order chi connectivity index (χ1) is 13.9. The number of hydrogen-bond donors (Lipinski definition) is 2. The molecule has 9 heteroatoms. The number of rotatable bonds is 5. The zero-order valence-corrected chi connectivity index (χ0v) is 16.5. The third kappa shape index (κ3) is 5.39. The minimum atomic E-state index is -3.66. The van der Waals surface area contributed by atoms with Crippen LogP contribution in [-0.2, 0) is 21.2 Å². The van der Waals surface area contributed by atoms with Gasteiger partial charge in [0.2, 0.25) is 15.9 Å². The normalized spacial score (nSPS) is 14.9. The highest BCUT2D eigenvalue weighted by Gasteiger charge is 2.26. The molecule has 1 fully saturated rings. The first-order valence-corrected chi connectivity index (χ1v) is 10.7. The van der Waals surface area contributed by atoms with E-state index >= 15 is 0 Å². The number of amides is 2. The zero-order valence-electron chi connectivity index (χ0n) is 15.7. The van der Waals surface area contributed by atoms with Gasteiger partial charge in [-0.3, -0.25) is 20.4 Å². The third-order valence-electron chi connectivity index (χ3n) is 4.64. The number of benzene rings is 2. The van der Waals surface area contributed by atoms with Gasteiger partial charge in [-0.1, -0.05) is 24.6 Å². The van der Waals surface area contributed by atoms with Crippen LogP contribution in [0.2, 0.25) is 0 Å². The molecule has 7 nitrogen and oxygen atoms in total. The van der Waals surface area contributed by atoms with Crippen molar-refractivity contribution < 1.29 is 22.4 Å². The average Bonchev–Trinajstić information content (AvgIpc) is 2.74. The number of piperidine rings is 1. The van der Waals surface area contributed by atoms with Gasteiger partial charge in [0.05, 0.1) is 11.3 Å². The van der Waals surface area contributed by atoms with Crippen LogP contribution in [0.5, 0.6) is 0 Å². The molecule has 1 heterocycles. The number of nitrogens with one attached hydrogen (secondary N) is 2. The van der Waals surface area contributed by atoms with Crippen molar-refractivity contribution in [2.75, 3.05) is 13.1 Å². The van der Waals surface area contributed by atoms with Crippen LogP contribution in [0.1, 0.15) is 35.2 Å². The Morgan fingerprint density at radius 2 is 1.66 bits per heavy atom. The molecule has 2 amide bonds. The smallest absolute Gasteiger partial charge is 0.269 e. The van der Waals surface area contributed by atoms with E-state index in [2.05, 4.69) is 10.9 Å². The van der Waals surface area contributed by atoms with Crippen LogP contribution in [0, 0.1) is 5.82 Å². The molecule has 2 N–H and O–H groups in total. The molecular formula is C20H22FN3O4S. The van der Waals surface area contributed by atoms with E-state index in [4.69, 9.17) is 0 Å². The first-order valence-electron chi connectivity index (χ1n) is 9.30. The molecule has 2 aromatic carbocycles. The molecule has 1 saturated heterocycles. The molecule has 3 rings (SSSR count). The molecular weight excluding hydrogens is 397 g/mol. The van der Waals surface area contributed by atoms with Gasteiger partial charge in [0.25, 0.3) is 5.91 Å². The maximum atomic E-state index is 12.9. The van der Waals surface area contributed by atoms with E-state index in [9.17, 15) is 22.4 Å². The van der Waals surface area contributed by atoms with Crippen molar-refractivity contribution in [1.29, 1.82) is 0 Å². The van der Waals surface area contributed by atoms with Gasteiger partial charge < -0.3 is 0 Å². The average molecular weight is 419 g/mol. The number of carbonyl (C=O) groups excluding carboxylic acids is 2. The topological polar surface area (TPSA) is 95.6 Å². The highest BCUT2D eigenvalue weighted by Crippen LogP contribution is 2.21. The largest absolute Gasteiger partial charge is 0.273 e. The lowest BCUT2D eigenvalue weighted by Gasteiger charge is -2.26. The van der Waals surface area contributed by atoms with Gasteiger partial charge in [-0.05, 0) is 48.7 Å². The molecule has 0 saturated carbocycles. The van der Waals surface area contributed by atoms with Gasteiger partial charge in [0, 0.05) is 18.7 Å². The monoisotopic (exact) mass is 419 g/mol. The van der Waals surface area contributed by atoms with Gasteiger partial charge in [-0.2, -0.15) is 4.31 Å². The zero-order chi connectivity index (χ0) is 20.9. The predicted molar refractivity (Wildman–Crippen MR) is 105 cm³/mol. The van der Waals surface area contributed by atoms with Crippen molar-refractivity contribution in [2.45, 2.75) is 30.6 Å². The molecule has 0 aliphatic carbocycles. The van der Waals surface area contributed by atoms with Gasteiger partial charge in [-0.25, -0.2) is 12.8 Å². The standard InChI is InChI=1S/C20H22FN3O4S/c21-17-9-7-15(8-10-17)13-19(25)22-23-20(26)16-5-4-6-18(14-16)29(27,28)24-11-2-1-3-12-24/h4-10,14H,1-3,11-13H2,(H,22,25)(H,23,26).